The second kappa shape index (κ2) is 8.62. The number of hydrogen-bond donors (Lipinski definition) is 0. The fourth-order valence-corrected chi connectivity index (χ4v) is 0.781. The van der Waals surface area contributed by atoms with E-state index in [1.165, 1.54) is 31.5 Å². The maximum atomic E-state index is 9.90. The molecule has 0 aromatic rings. The van der Waals surface area contributed by atoms with Crippen LogP contribution in [0.5, 0.6) is 0 Å². The van der Waals surface area contributed by atoms with Crippen LogP contribution in [-0.2, 0) is 20.8 Å². The van der Waals surface area contributed by atoms with Gasteiger partial charge >= 0.3 is 47.5 Å². The Labute approximate surface area is 81.1 Å². The molecule has 0 saturated carbocycles. The number of nitrogens with zero attached hydrogens (tertiary/aromatic N) is 2. The molecule has 1 amide bonds. The molecule has 0 bridgehead atoms. The molecule has 0 atom stereocenters. The van der Waals surface area contributed by atoms with Gasteiger partial charge in [0, 0.05) is 6.08 Å². The van der Waals surface area contributed by atoms with Gasteiger partial charge in [0.1, 0.15) is 0 Å². The summed E-state index contributed by atoms with van der Waals surface area (Å²) in [5.41, 5.74) is 0. The molecular weight excluding hydrogens is 204 g/mol. The molecule has 12 heavy (non-hydrogen) atoms. The molecule has 1 aliphatic heterocycles. The van der Waals surface area contributed by atoms with Gasteiger partial charge in [-0.2, -0.15) is 5.11 Å². The topological polar surface area (TPSA) is 41.8 Å². The van der Waals surface area contributed by atoms with Gasteiger partial charge in [0.15, 0.2) is 0 Å². The van der Waals surface area contributed by atoms with Gasteiger partial charge in [-0.05, 0) is 0 Å². The molecule has 3 nitrogen and oxygen atoms in total. The normalized spacial score (nSPS) is 13.1. The van der Waals surface area contributed by atoms with E-state index in [9.17, 15) is 4.79 Å². The van der Waals surface area contributed by atoms with Gasteiger partial charge in [-0.15, -0.1) is 5.11 Å². The summed E-state index contributed by atoms with van der Waals surface area (Å²) in [6.45, 7) is 2.18. The van der Waals surface area contributed by atoms with Crippen LogP contribution in [0.15, 0.2) is 22.5 Å². The van der Waals surface area contributed by atoms with Gasteiger partial charge in [-0.25, -0.2) is 0 Å². The minimum absolute atomic E-state index is 0.269. The largest absolute Gasteiger partial charge is 0.289 e. The van der Waals surface area contributed by atoms with Gasteiger partial charge in [0.2, 0.25) is 0 Å². The molecule has 0 spiro atoms. The first-order chi connectivity index (χ1) is 5.81. The number of unbranched alkanes of at least 4 members (excludes halogenated alkanes) is 2. The summed E-state index contributed by atoms with van der Waals surface area (Å²) >= 11 is 4.84. The van der Waals surface area contributed by atoms with Crippen LogP contribution < -0.4 is 0 Å². The Morgan fingerprint density at radius 1 is 1.50 bits per heavy atom. The maximum absolute atomic E-state index is 9.90. The first kappa shape index (κ1) is 11.5. The van der Waals surface area contributed by atoms with Crippen LogP contribution in [0, 0.1) is 0 Å². The van der Waals surface area contributed by atoms with E-state index in [0.29, 0.717) is 0 Å². The van der Waals surface area contributed by atoms with Gasteiger partial charge in [-0.1, -0.05) is 0 Å². The molecule has 1 heterocycles. The molecule has 0 aromatic heterocycles. The second-order valence-electron chi connectivity index (χ2n) is 2.23. The molecule has 0 N–H and O–H groups in total. The Hall–Kier alpha value is -0.471. The molecule has 0 aliphatic carbocycles. The SMILES string of the molecule is CCCC[CH2][Cu].O=C1C=CN=N1. The van der Waals surface area contributed by atoms with E-state index in [0.717, 1.165) is 5.32 Å². The van der Waals surface area contributed by atoms with Gasteiger partial charge in [0.25, 0.3) is 5.91 Å². The third kappa shape index (κ3) is 7.63. The van der Waals surface area contributed by atoms with E-state index in [1.807, 2.05) is 0 Å². The predicted octanol–water partition coefficient (Wildman–Crippen LogP) is 2.63. The van der Waals surface area contributed by atoms with Crippen LogP contribution in [-0.4, -0.2) is 5.91 Å². The van der Waals surface area contributed by atoms with Crippen LogP contribution in [0.25, 0.3) is 0 Å². The quantitative estimate of drug-likeness (QED) is 0.528. The Morgan fingerprint density at radius 3 is 2.42 bits per heavy atom. The van der Waals surface area contributed by atoms with Crippen molar-refractivity contribution >= 4 is 5.91 Å². The molecular formula is C8H13CuN2O. The fourth-order valence-electron chi connectivity index (χ4n) is 0.546. The van der Waals surface area contributed by atoms with E-state index in [2.05, 4.69) is 17.2 Å². The molecule has 1 aliphatic rings. The molecule has 0 unspecified atom stereocenters. The molecule has 72 valence electrons. The number of hydrogen-bond acceptors (Lipinski definition) is 2. The predicted molar refractivity (Wildman–Crippen MR) is 43.3 cm³/mol. The molecule has 0 aromatic carbocycles. The minimum atomic E-state index is -0.269. The van der Waals surface area contributed by atoms with Crippen molar-refractivity contribution in [2.45, 2.75) is 31.5 Å². The first-order valence-corrected chi connectivity index (χ1v) is 4.59. The van der Waals surface area contributed by atoms with Crippen molar-refractivity contribution in [2.75, 3.05) is 0 Å². The summed E-state index contributed by atoms with van der Waals surface area (Å²) in [6.07, 6.45) is 6.48. The molecule has 0 fully saturated rings. The van der Waals surface area contributed by atoms with Crippen molar-refractivity contribution in [3.63, 3.8) is 0 Å². The van der Waals surface area contributed by atoms with E-state index in [1.54, 1.807) is 0 Å². The molecule has 0 radical (unpaired) electrons. The maximum Gasteiger partial charge on any atom is 0.289 e. The van der Waals surface area contributed by atoms with Crippen molar-refractivity contribution in [3.8, 4) is 0 Å². The monoisotopic (exact) mass is 216 g/mol. The Bertz CT molecular complexity index is 160. The summed E-state index contributed by atoms with van der Waals surface area (Å²) in [7, 11) is 0. The number of azo groups is 1. The van der Waals surface area contributed by atoms with E-state index >= 15 is 0 Å². The summed E-state index contributed by atoms with van der Waals surface area (Å²) < 4.78 is 0. The minimum Gasteiger partial charge on any atom is -0.266 e. The number of carbonyl (C=O) groups excluding carboxylic acids is 1. The van der Waals surface area contributed by atoms with E-state index in [-0.39, 0.29) is 5.91 Å². The number of amides is 1. The summed E-state index contributed by atoms with van der Waals surface area (Å²) in [5.74, 6) is -0.269. The average molecular weight is 217 g/mol. The third-order valence-electron chi connectivity index (χ3n) is 1.15. The fraction of sp³-hybridized carbons (Fsp3) is 0.625. The number of rotatable bonds is 3. The zero-order chi connectivity index (χ0) is 9.23. The van der Waals surface area contributed by atoms with Gasteiger partial charge < -0.3 is 0 Å². The smallest absolute Gasteiger partial charge is 0.266 e. The zero-order valence-electron chi connectivity index (χ0n) is 7.09. The van der Waals surface area contributed by atoms with E-state index in [4.69, 9.17) is 16.0 Å². The molecule has 0 saturated heterocycles. The van der Waals surface area contributed by atoms with E-state index < -0.39 is 0 Å². The Morgan fingerprint density at radius 2 is 2.25 bits per heavy atom. The van der Waals surface area contributed by atoms with Gasteiger partial charge in [-0.3, -0.25) is 4.79 Å². The average Bonchev–Trinajstić information content (AvgIpc) is 2.53. The third-order valence-corrected chi connectivity index (χ3v) is 1.48. The van der Waals surface area contributed by atoms with Crippen LogP contribution in [0.1, 0.15) is 26.2 Å². The Balaban J connectivity index is 0.000000202. The zero-order valence-corrected chi connectivity index (χ0v) is 8.03. The summed E-state index contributed by atoms with van der Waals surface area (Å²) in [5, 5.41) is 7.29. The van der Waals surface area contributed by atoms with Crippen molar-refractivity contribution in [3.05, 3.63) is 12.3 Å². The Kier molecular flexibility index (Phi) is 8.29. The van der Waals surface area contributed by atoms with Crippen LogP contribution in [0.3, 0.4) is 0 Å². The first-order valence-electron chi connectivity index (χ1n) is 3.93. The van der Waals surface area contributed by atoms with Gasteiger partial charge in [0.05, 0.1) is 6.20 Å². The summed E-state index contributed by atoms with van der Waals surface area (Å²) in [4.78, 5) is 9.90. The van der Waals surface area contributed by atoms with Crippen molar-refractivity contribution < 1.29 is 20.8 Å². The molecule has 1 rings (SSSR count). The number of carbonyl (C=O) groups is 1. The standard InChI is InChI=1S/C5H11.C3H2N2O.Cu/c1-3-5-4-2;6-3-1-2-4-5-3;/h1,3-5H2,2H3;1-2H;. The van der Waals surface area contributed by atoms with Crippen molar-refractivity contribution in [1.82, 2.24) is 0 Å². The van der Waals surface area contributed by atoms with Crippen LogP contribution in [0.4, 0.5) is 0 Å². The second-order valence-corrected chi connectivity index (χ2v) is 2.70. The van der Waals surface area contributed by atoms with Crippen LogP contribution in [0.2, 0.25) is 5.32 Å². The molecule has 4 heteroatoms. The summed E-state index contributed by atoms with van der Waals surface area (Å²) in [6, 6.07) is 0. The van der Waals surface area contributed by atoms with Crippen molar-refractivity contribution in [2.24, 2.45) is 10.2 Å². The van der Waals surface area contributed by atoms with Crippen molar-refractivity contribution in [1.29, 1.82) is 0 Å². The van der Waals surface area contributed by atoms with Crippen LogP contribution >= 0.6 is 0 Å².